The molecule has 2 N–H and O–H groups in total. The first-order valence-electron chi connectivity index (χ1n) is 6.47. The lowest BCUT2D eigenvalue weighted by Crippen LogP contribution is -2.44. The molecule has 0 radical (unpaired) electrons. The van der Waals surface area contributed by atoms with Crippen LogP contribution in [-0.2, 0) is 11.3 Å². The molecule has 8 heteroatoms. The van der Waals surface area contributed by atoms with Crippen LogP contribution in [0.1, 0.15) is 26.3 Å². The Balaban J connectivity index is 2.28. The van der Waals surface area contributed by atoms with Crippen molar-refractivity contribution < 1.29 is 18.3 Å². The maximum atomic E-state index is 13.6. The standard InChI is InChI=1S/C13H20F2N4O2/c1-12(2,3)21-11(20)19-8-13(14,15)7-16-4-10-5-17-9-18-6-10/h5-6,9,16H,4,7-8H2,1-3H3,(H,19,20). The summed E-state index contributed by atoms with van der Waals surface area (Å²) >= 11 is 0. The van der Waals surface area contributed by atoms with Crippen molar-refractivity contribution in [3.8, 4) is 0 Å². The highest BCUT2D eigenvalue weighted by molar-refractivity contribution is 5.67. The van der Waals surface area contributed by atoms with Gasteiger partial charge in [0.25, 0.3) is 5.92 Å². The predicted molar refractivity (Wildman–Crippen MR) is 72.9 cm³/mol. The zero-order valence-electron chi connectivity index (χ0n) is 12.3. The number of aromatic nitrogens is 2. The summed E-state index contributed by atoms with van der Waals surface area (Å²) < 4.78 is 32.0. The van der Waals surface area contributed by atoms with Crippen LogP contribution < -0.4 is 10.6 Å². The summed E-state index contributed by atoms with van der Waals surface area (Å²) in [6.45, 7) is 3.84. The van der Waals surface area contributed by atoms with Gasteiger partial charge in [-0.1, -0.05) is 0 Å². The Labute approximate surface area is 122 Å². The molecule has 1 heterocycles. The fourth-order valence-corrected chi connectivity index (χ4v) is 1.39. The summed E-state index contributed by atoms with van der Waals surface area (Å²) in [7, 11) is 0. The van der Waals surface area contributed by atoms with E-state index >= 15 is 0 Å². The summed E-state index contributed by atoms with van der Waals surface area (Å²) in [5.74, 6) is -3.08. The van der Waals surface area contributed by atoms with Crippen molar-refractivity contribution in [2.45, 2.75) is 38.8 Å². The van der Waals surface area contributed by atoms with Crippen LogP contribution in [0, 0.1) is 0 Å². The number of carbonyl (C=O) groups excluding carboxylic acids is 1. The second-order valence-corrected chi connectivity index (χ2v) is 5.56. The lowest BCUT2D eigenvalue weighted by Gasteiger charge is -2.22. The minimum absolute atomic E-state index is 0.225. The molecular formula is C13H20F2N4O2. The summed E-state index contributed by atoms with van der Waals surface area (Å²) in [4.78, 5) is 18.9. The van der Waals surface area contributed by atoms with Gasteiger partial charge in [0.05, 0.1) is 13.1 Å². The number of carbonyl (C=O) groups is 1. The summed E-state index contributed by atoms with van der Waals surface area (Å²) in [5, 5.41) is 4.64. The normalized spacial score (nSPS) is 12.0. The van der Waals surface area contributed by atoms with E-state index < -0.39 is 30.7 Å². The van der Waals surface area contributed by atoms with Crippen molar-refractivity contribution >= 4 is 6.09 Å². The maximum absolute atomic E-state index is 13.6. The third-order valence-corrected chi connectivity index (χ3v) is 2.22. The zero-order chi connectivity index (χ0) is 15.9. The molecule has 21 heavy (non-hydrogen) atoms. The van der Waals surface area contributed by atoms with Gasteiger partial charge in [0.2, 0.25) is 0 Å². The number of hydrogen-bond acceptors (Lipinski definition) is 5. The van der Waals surface area contributed by atoms with Crippen molar-refractivity contribution in [2.24, 2.45) is 0 Å². The minimum atomic E-state index is -3.08. The highest BCUT2D eigenvalue weighted by Crippen LogP contribution is 2.12. The van der Waals surface area contributed by atoms with Crippen molar-refractivity contribution in [3.05, 3.63) is 24.3 Å². The average Bonchev–Trinajstić information content (AvgIpc) is 2.36. The Kier molecular flexibility index (Phi) is 5.95. The van der Waals surface area contributed by atoms with Crippen molar-refractivity contribution in [1.29, 1.82) is 0 Å². The van der Waals surface area contributed by atoms with Crippen LogP contribution in [0.25, 0.3) is 0 Å². The molecule has 0 spiro atoms. The van der Waals surface area contributed by atoms with Gasteiger partial charge in [-0.25, -0.2) is 23.5 Å². The molecule has 1 amide bonds. The zero-order valence-corrected chi connectivity index (χ0v) is 12.3. The largest absolute Gasteiger partial charge is 0.444 e. The molecule has 0 atom stereocenters. The van der Waals surface area contributed by atoms with E-state index in [0.29, 0.717) is 5.56 Å². The maximum Gasteiger partial charge on any atom is 0.407 e. The first kappa shape index (κ1) is 17.2. The molecule has 0 aliphatic heterocycles. The van der Waals surface area contributed by atoms with E-state index in [1.165, 1.54) is 18.7 Å². The van der Waals surface area contributed by atoms with E-state index in [4.69, 9.17) is 4.74 Å². The van der Waals surface area contributed by atoms with Gasteiger partial charge < -0.3 is 15.4 Å². The smallest absolute Gasteiger partial charge is 0.407 e. The monoisotopic (exact) mass is 302 g/mol. The van der Waals surface area contributed by atoms with Crippen molar-refractivity contribution in [2.75, 3.05) is 13.1 Å². The third-order valence-electron chi connectivity index (χ3n) is 2.22. The molecule has 0 fully saturated rings. The van der Waals surface area contributed by atoms with Gasteiger partial charge in [-0.2, -0.15) is 0 Å². The van der Waals surface area contributed by atoms with Gasteiger partial charge >= 0.3 is 6.09 Å². The summed E-state index contributed by atoms with van der Waals surface area (Å²) in [5.41, 5.74) is -0.0151. The number of alkyl carbamates (subject to hydrolysis) is 1. The van der Waals surface area contributed by atoms with Crippen LogP contribution in [0.15, 0.2) is 18.7 Å². The molecule has 0 unspecified atom stereocenters. The van der Waals surface area contributed by atoms with Gasteiger partial charge in [-0.3, -0.25) is 0 Å². The molecule has 6 nitrogen and oxygen atoms in total. The molecule has 1 rings (SSSR count). The first-order chi connectivity index (χ1) is 9.68. The first-order valence-corrected chi connectivity index (χ1v) is 6.47. The van der Waals surface area contributed by atoms with E-state index in [1.54, 1.807) is 20.8 Å². The van der Waals surface area contributed by atoms with Gasteiger partial charge in [0, 0.05) is 24.5 Å². The van der Waals surface area contributed by atoms with Gasteiger partial charge in [-0.15, -0.1) is 0 Å². The number of nitrogens with zero attached hydrogens (tertiary/aromatic N) is 2. The molecule has 1 aromatic heterocycles. The SMILES string of the molecule is CC(C)(C)OC(=O)NCC(F)(F)CNCc1cncnc1. The van der Waals surface area contributed by atoms with Crippen LogP contribution in [0.3, 0.4) is 0 Å². The molecule has 0 aliphatic carbocycles. The molecule has 118 valence electrons. The molecule has 0 aromatic carbocycles. The summed E-state index contributed by atoms with van der Waals surface area (Å²) in [6, 6.07) is 0. The topological polar surface area (TPSA) is 76.1 Å². The van der Waals surface area contributed by atoms with E-state index in [1.807, 2.05) is 0 Å². The van der Waals surface area contributed by atoms with Crippen LogP contribution >= 0.6 is 0 Å². The predicted octanol–water partition coefficient (Wildman–Crippen LogP) is 1.73. The van der Waals surface area contributed by atoms with E-state index in [-0.39, 0.29) is 6.54 Å². The van der Waals surface area contributed by atoms with E-state index in [9.17, 15) is 13.6 Å². The number of rotatable bonds is 6. The van der Waals surface area contributed by atoms with E-state index in [2.05, 4.69) is 20.6 Å². The Morgan fingerprint density at radius 1 is 1.24 bits per heavy atom. The second-order valence-electron chi connectivity index (χ2n) is 5.56. The molecule has 0 bridgehead atoms. The third kappa shape index (κ3) is 8.13. The van der Waals surface area contributed by atoms with Gasteiger partial charge in [0.1, 0.15) is 11.9 Å². The fraction of sp³-hybridized carbons (Fsp3) is 0.615. The quantitative estimate of drug-likeness (QED) is 0.837. The molecule has 0 saturated heterocycles. The van der Waals surface area contributed by atoms with E-state index in [0.717, 1.165) is 0 Å². The van der Waals surface area contributed by atoms with Crippen LogP contribution in [-0.4, -0.2) is 40.7 Å². The summed E-state index contributed by atoms with van der Waals surface area (Å²) in [6.07, 6.45) is 3.58. The highest BCUT2D eigenvalue weighted by Gasteiger charge is 2.30. The second kappa shape index (κ2) is 7.26. The number of hydrogen-bond donors (Lipinski definition) is 2. The molecule has 1 aromatic rings. The Morgan fingerprint density at radius 2 is 1.86 bits per heavy atom. The van der Waals surface area contributed by atoms with Crippen molar-refractivity contribution in [3.63, 3.8) is 0 Å². The Morgan fingerprint density at radius 3 is 2.43 bits per heavy atom. The average molecular weight is 302 g/mol. The van der Waals surface area contributed by atoms with Gasteiger partial charge in [0.15, 0.2) is 0 Å². The molecule has 0 saturated carbocycles. The van der Waals surface area contributed by atoms with Crippen molar-refractivity contribution in [1.82, 2.24) is 20.6 Å². The van der Waals surface area contributed by atoms with Crippen LogP contribution in [0.5, 0.6) is 0 Å². The Hall–Kier alpha value is -1.83. The molecular weight excluding hydrogens is 282 g/mol. The van der Waals surface area contributed by atoms with Gasteiger partial charge in [-0.05, 0) is 20.8 Å². The fourth-order valence-electron chi connectivity index (χ4n) is 1.39. The minimum Gasteiger partial charge on any atom is -0.444 e. The number of halogens is 2. The number of alkyl halides is 2. The molecule has 0 aliphatic rings. The van der Waals surface area contributed by atoms with Crippen LogP contribution in [0.2, 0.25) is 0 Å². The number of ether oxygens (including phenoxy) is 1. The number of nitrogens with one attached hydrogen (secondary N) is 2. The Bertz CT molecular complexity index is 449. The lowest BCUT2D eigenvalue weighted by molar-refractivity contribution is -0.00377. The van der Waals surface area contributed by atoms with Crippen LogP contribution in [0.4, 0.5) is 13.6 Å². The number of amides is 1. The highest BCUT2D eigenvalue weighted by atomic mass is 19.3. The lowest BCUT2D eigenvalue weighted by atomic mass is 10.2.